The van der Waals surface area contributed by atoms with Crippen molar-refractivity contribution < 1.29 is 15.3 Å². The van der Waals surface area contributed by atoms with E-state index in [1.807, 2.05) is 0 Å². The average molecular weight is 224 g/mol. The Balaban J connectivity index is -0.0000000581. The summed E-state index contributed by atoms with van der Waals surface area (Å²) in [4.78, 5) is 0. The number of hydrogen-bond acceptors (Lipinski definition) is 3. The van der Waals surface area contributed by atoms with E-state index in [2.05, 4.69) is 13.8 Å². The molecule has 0 heterocycles. The fourth-order valence-electron chi connectivity index (χ4n) is 0.500. The molecule has 0 fully saturated rings. The summed E-state index contributed by atoms with van der Waals surface area (Å²) < 4.78 is 0. The summed E-state index contributed by atoms with van der Waals surface area (Å²) in [6, 6.07) is 0. The Hall–Kier alpha value is -0.120. The van der Waals surface area contributed by atoms with Gasteiger partial charge in [-0.15, -0.1) is 0 Å². The molecule has 0 unspecified atom stereocenters. The number of hydrogen-bond donors (Lipinski definition) is 3. The van der Waals surface area contributed by atoms with Crippen molar-refractivity contribution in [3.05, 3.63) is 0 Å². The highest BCUT2D eigenvalue weighted by molar-refractivity contribution is 4.31. The molecule has 0 saturated heterocycles. The molecule has 0 spiro atoms. The first-order chi connectivity index (χ1) is 7.16. The first kappa shape index (κ1) is 24.2. The molecule has 0 aliphatic heterocycles. The maximum atomic E-state index is 7.57. The molecule has 98 valence electrons. The van der Waals surface area contributed by atoms with Gasteiger partial charge in [-0.25, -0.2) is 0 Å². The molecule has 15 heavy (non-hydrogen) atoms. The van der Waals surface area contributed by atoms with Crippen molar-refractivity contribution in [1.29, 1.82) is 0 Å². The fraction of sp³-hybridized carbons (Fsp3) is 1.00. The Morgan fingerprint density at radius 3 is 0.733 bits per heavy atom. The second-order valence-corrected chi connectivity index (χ2v) is 2.66. The van der Waals surface area contributed by atoms with E-state index < -0.39 is 0 Å². The second-order valence-electron chi connectivity index (χ2n) is 2.66. The molecular weight excluding hydrogens is 192 g/mol. The minimum Gasteiger partial charge on any atom is -0.397 e. The molecule has 3 N–H and O–H groups in total. The number of aliphatic hydroxyl groups is 3. The Bertz CT molecular complexity index is 41.4. The van der Waals surface area contributed by atoms with E-state index in [0.29, 0.717) is 0 Å². The summed E-state index contributed by atoms with van der Waals surface area (Å²) in [5.41, 5.74) is 0. The first-order valence-corrected chi connectivity index (χ1v) is 5.98. The van der Waals surface area contributed by atoms with Crippen LogP contribution in [0.5, 0.6) is 0 Å². The molecule has 0 radical (unpaired) electrons. The van der Waals surface area contributed by atoms with E-state index in [-0.39, 0.29) is 19.8 Å². The second kappa shape index (κ2) is 48.6. The van der Waals surface area contributed by atoms with Crippen LogP contribution in [0.4, 0.5) is 0 Å². The van der Waals surface area contributed by atoms with Gasteiger partial charge in [0, 0.05) is 19.8 Å². The van der Waals surface area contributed by atoms with Crippen LogP contribution in [-0.2, 0) is 0 Å². The summed E-state index contributed by atoms with van der Waals surface area (Å²) in [5, 5.41) is 22.7. The zero-order valence-corrected chi connectivity index (χ0v) is 11.3. The number of unbranched alkanes of at least 4 members (excludes halogenated alkanes) is 3. The molecule has 0 aliphatic carbocycles. The largest absolute Gasteiger partial charge is 0.397 e. The number of rotatable bonds is 3. The van der Waals surface area contributed by atoms with Crippen molar-refractivity contribution in [2.45, 2.75) is 60.3 Å². The summed E-state index contributed by atoms with van der Waals surface area (Å²) in [6.45, 7) is 10.3. The summed E-state index contributed by atoms with van der Waals surface area (Å²) in [5.74, 6) is 0. The molecule has 0 aromatic rings. The van der Waals surface area contributed by atoms with E-state index in [0.717, 1.165) is 0 Å². The molecule has 0 atom stereocenters. The molecule has 3 nitrogen and oxygen atoms in total. The molecule has 0 bridgehead atoms. The lowest BCUT2D eigenvalue weighted by Crippen LogP contribution is -1.66. The van der Waals surface area contributed by atoms with Gasteiger partial charge < -0.3 is 15.3 Å². The summed E-state index contributed by atoms with van der Waals surface area (Å²) in [6.07, 6.45) is 5.54. The van der Waals surface area contributed by atoms with Gasteiger partial charge in [-0.2, -0.15) is 0 Å². The van der Waals surface area contributed by atoms with Crippen LogP contribution in [0.2, 0.25) is 0 Å². The van der Waals surface area contributed by atoms with Gasteiger partial charge in [-0.1, -0.05) is 39.5 Å². The predicted octanol–water partition coefficient (Wildman–Crippen LogP) is 2.58. The van der Waals surface area contributed by atoms with Crippen LogP contribution in [0.25, 0.3) is 0 Å². The minimum atomic E-state index is 0.250. The molecule has 0 aliphatic rings. The zero-order valence-electron chi connectivity index (χ0n) is 11.3. The first-order valence-electron chi connectivity index (χ1n) is 5.98. The van der Waals surface area contributed by atoms with Crippen molar-refractivity contribution >= 4 is 0 Å². The van der Waals surface area contributed by atoms with E-state index in [1.165, 1.54) is 25.7 Å². The van der Waals surface area contributed by atoms with Crippen LogP contribution in [0.15, 0.2) is 0 Å². The van der Waals surface area contributed by atoms with E-state index in [1.54, 1.807) is 20.8 Å². The van der Waals surface area contributed by atoms with Crippen LogP contribution in [0.1, 0.15) is 60.3 Å². The lowest BCUT2D eigenvalue weighted by atomic mass is 10.2. The van der Waals surface area contributed by atoms with E-state index in [4.69, 9.17) is 15.3 Å². The van der Waals surface area contributed by atoms with Crippen LogP contribution >= 0.6 is 0 Å². The Morgan fingerprint density at radius 2 is 0.667 bits per heavy atom. The third-order valence-corrected chi connectivity index (χ3v) is 0.957. The normalized spacial score (nSPS) is 7.20. The van der Waals surface area contributed by atoms with Crippen molar-refractivity contribution in [2.75, 3.05) is 19.8 Å². The Labute approximate surface area is 96.2 Å². The van der Waals surface area contributed by atoms with Crippen LogP contribution in [-0.4, -0.2) is 35.1 Å². The summed E-state index contributed by atoms with van der Waals surface area (Å²) >= 11 is 0. The van der Waals surface area contributed by atoms with Crippen molar-refractivity contribution in [3.8, 4) is 0 Å². The molecule has 0 aromatic carbocycles. The molecule has 0 amide bonds. The van der Waals surface area contributed by atoms with Gasteiger partial charge in [0.15, 0.2) is 0 Å². The van der Waals surface area contributed by atoms with Gasteiger partial charge in [0.05, 0.1) is 0 Å². The maximum Gasteiger partial charge on any atom is 0.0402 e. The topological polar surface area (TPSA) is 60.7 Å². The lowest BCUT2D eigenvalue weighted by Gasteiger charge is -1.86. The average Bonchev–Trinajstić information content (AvgIpc) is 2.18. The van der Waals surface area contributed by atoms with Gasteiger partial charge in [0.2, 0.25) is 0 Å². The molecule has 0 aromatic heterocycles. The van der Waals surface area contributed by atoms with Gasteiger partial charge in [0.25, 0.3) is 0 Å². The number of aliphatic hydroxyl groups excluding tert-OH is 3. The van der Waals surface area contributed by atoms with Gasteiger partial charge in [-0.05, 0) is 20.8 Å². The highest BCUT2D eigenvalue weighted by Crippen LogP contribution is 1.95. The van der Waals surface area contributed by atoms with Crippen LogP contribution in [0, 0.1) is 0 Å². The van der Waals surface area contributed by atoms with Gasteiger partial charge in [0.1, 0.15) is 0 Å². The third-order valence-electron chi connectivity index (χ3n) is 0.957. The maximum absolute atomic E-state index is 7.57. The predicted molar refractivity (Wildman–Crippen MR) is 68.1 cm³/mol. The monoisotopic (exact) mass is 224 g/mol. The molecule has 0 rings (SSSR count). The SMILES string of the molecule is CCCCCC.CCO.CCO.CCO. The van der Waals surface area contributed by atoms with Crippen molar-refractivity contribution in [1.82, 2.24) is 0 Å². The van der Waals surface area contributed by atoms with Gasteiger partial charge >= 0.3 is 0 Å². The Morgan fingerprint density at radius 1 is 0.533 bits per heavy atom. The lowest BCUT2D eigenvalue weighted by molar-refractivity contribution is 0.318. The Kier molecular flexibility index (Phi) is 78.5. The summed E-state index contributed by atoms with van der Waals surface area (Å²) in [7, 11) is 0. The third kappa shape index (κ3) is 236. The van der Waals surface area contributed by atoms with Crippen LogP contribution < -0.4 is 0 Å². The quantitative estimate of drug-likeness (QED) is 0.646. The molecule has 0 saturated carbocycles. The fourth-order valence-corrected chi connectivity index (χ4v) is 0.500. The van der Waals surface area contributed by atoms with Crippen LogP contribution in [0.3, 0.4) is 0 Å². The molecule has 3 heteroatoms. The highest BCUT2D eigenvalue weighted by atomic mass is 16.3. The minimum absolute atomic E-state index is 0.250. The van der Waals surface area contributed by atoms with E-state index in [9.17, 15) is 0 Å². The smallest absolute Gasteiger partial charge is 0.0402 e. The zero-order chi connectivity index (χ0) is 12.9. The van der Waals surface area contributed by atoms with Crippen molar-refractivity contribution in [3.63, 3.8) is 0 Å². The molecular formula is C12H32O3. The van der Waals surface area contributed by atoms with E-state index >= 15 is 0 Å². The van der Waals surface area contributed by atoms with Crippen molar-refractivity contribution in [2.24, 2.45) is 0 Å². The standard InChI is InChI=1S/C6H14.3C2H6O/c1-3-5-6-4-2;3*1-2-3/h3-6H2,1-2H3;3*3H,2H2,1H3. The van der Waals surface area contributed by atoms with Gasteiger partial charge in [-0.3, -0.25) is 0 Å². The highest BCUT2D eigenvalue weighted by Gasteiger charge is 1.75.